The first kappa shape index (κ1) is 12.3. The average Bonchev–Trinajstić information content (AvgIpc) is 2.14. The predicted octanol–water partition coefficient (Wildman–Crippen LogP) is 3.65. The highest BCUT2D eigenvalue weighted by atomic mass is 79.9. The zero-order chi connectivity index (χ0) is 11.6. The quantitative estimate of drug-likeness (QED) is 0.822. The first-order valence-electron chi connectivity index (χ1n) is 4.10. The molecule has 1 aromatic carbocycles. The molecule has 2 N–H and O–H groups in total. The van der Waals surface area contributed by atoms with Crippen LogP contribution in [0.25, 0.3) is 0 Å². The van der Waals surface area contributed by atoms with Gasteiger partial charge in [-0.15, -0.1) is 6.58 Å². The van der Waals surface area contributed by atoms with Crippen LogP contribution in [0.2, 0.25) is 0 Å². The van der Waals surface area contributed by atoms with Crippen LogP contribution >= 0.6 is 15.9 Å². The van der Waals surface area contributed by atoms with Gasteiger partial charge in [-0.25, -0.2) is 0 Å². The second kappa shape index (κ2) is 4.37. The first-order valence-corrected chi connectivity index (χ1v) is 4.89. The Bertz CT molecular complexity index is 373. The molecule has 5 heteroatoms. The van der Waals surface area contributed by atoms with Gasteiger partial charge >= 0.3 is 6.18 Å². The number of hydrogen-bond donors (Lipinski definition) is 1. The fraction of sp³-hybridized carbons (Fsp3) is 0.200. The van der Waals surface area contributed by atoms with Crippen molar-refractivity contribution in [2.45, 2.75) is 12.2 Å². The highest BCUT2D eigenvalue weighted by Gasteiger charge is 2.31. The van der Waals surface area contributed by atoms with Gasteiger partial charge in [-0.1, -0.05) is 22.0 Å². The van der Waals surface area contributed by atoms with Crippen molar-refractivity contribution in [3.05, 3.63) is 46.5 Å². The molecule has 0 spiro atoms. The third kappa shape index (κ3) is 3.07. The molecule has 0 aliphatic rings. The predicted molar refractivity (Wildman–Crippen MR) is 56.3 cm³/mol. The summed E-state index contributed by atoms with van der Waals surface area (Å²) in [7, 11) is 0. The van der Waals surface area contributed by atoms with Crippen molar-refractivity contribution < 1.29 is 13.2 Å². The molecule has 82 valence electrons. The minimum atomic E-state index is -4.36. The summed E-state index contributed by atoms with van der Waals surface area (Å²) in [5.41, 5.74) is 5.23. The Labute approximate surface area is 93.9 Å². The lowest BCUT2D eigenvalue weighted by molar-refractivity contribution is -0.137. The summed E-state index contributed by atoms with van der Waals surface area (Å²) in [4.78, 5) is 0. The van der Waals surface area contributed by atoms with E-state index >= 15 is 0 Å². The maximum atomic E-state index is 12.4. The second-order valence-electron chi connectivity index (χ2n) is 3.03. The third-order valence-electron chi connectivity index (χ3n) is 1.89. The van der Waals surface area contributed by atoms with Gasteiger partial charge < -0.3 is 5.73 Å². The van der Waals surface area contributed by atoms with E-state index in [4.69, 9.17) is 5.73 Å². The number of hydrogen-bond acceptors (Lipinski definition) is 1. The van der Waals surface area contributed by atoms with Crippen molar-refractivity contribution in [1.82, 2.24) is 0 Å². The minimum Gasteiger partial charge on any atom is -0.321 e. The summed E-state index contributed by atoms with van der Waals surface area (Å²) in [6, 6.07) is 2.99. The van der Waals surface area contributed by atoms with Crippen LogP contribution in [-0.2, 0) is 6.18 Å². The number of halogens is 4. The Kier molecular flexibility index (Phi) is 3.57. The highest BCUT2D eigenvalue weighted by Crippen LogP contribution is 2.33. The van der Waals surface area contributed by atoms with Crippen LogP contribution in [0, 0.1) is 0 Å². The van der Waals surface area contributed by atoms with E-state index in [1.54, 1.807) is 6.07 Å². The topological polar surface area (TPSA) is 26.0 Å². The van der Waals surface area contributed by atoms with Crippen LogP contribution in [-0.4, -0.2) is 0 Å². The molecule has 0 saturated heterocycles. The zero-order valence-corrected chi connectivity index (χ0v) is 9.27. The SMILES string of the molecule is C=C[C@H](N)c1cc(Br)cc(C(F)(F)F)c1. The van der Waals surface area contributed by atoms with E-state index in [9.17, 15) is 13.2 Å². The van der Waals surface area contributed by atoms with Gasteiger partial charge in [0.2, 0.25) is 0 Å². The van der Waals surface area contributed by atoms with Crippen molar-refractivity contribution in [3.8, 4) is 0 Å². The highest BCUT2D eigenvalue weighted by molar-refractivity contribution is 9.10. The summed E-state index contributed by atoms with van der Waals surface area (Å²) < 4.78 is 37.6. The van der Waals surface area contributed by atoms with Crippen LogP contribution in [0.4, 0.5) is 13.2 Å². The summed E-state index contributed by atoms with van der Waals surface area (Å²) in [6.45, 7) is 3.44. The largest absolute Gasteiger partial charge is 0.416 e. The smallest absolute Gasteiger partial charge is 0.321 e. The Morgan fingerprint density at radius 1 is 1.33 bits per heavy atom. The van der Waals surface area contributed by atoms with Gasteiger partial charge in [-0.2, -0.15) is 13.2 Å². The van der Waals surface area contributed by atoms with Gasteiger partial charge in [0, 0.05) is 10.5 Å². The lowest BCUT2D eigenvalue weighted by atomic mass is 10.0. The Morgan fingerprint density at radius 2 is 1.93 bits per heavy atom. The fourth-order valence-corrected chi connectivity index (χ4v) is 1.62. The van der Waals surface area contributed by atoms with Gasteiger partial charge in [0.25, 0.3) is 0 Å². The van der Waals surface area contributed by atoms with E-state index in [-0.39, 0.29) is 0 Å². The molecular weight excluding hydrogens is 271 g/mol. The molecule has 0 bridgehead atoms. The van der Waals surface area contributed by atoms with Gasteiger partial charge in [-0.05, 0) is 23.8 Å². The van der Waals surface area contributed by atoms with E-state index in [0.717, 1.165) is 12.1 Å². The van der Waals surface area contributed by atoms with E-state index in [1.165, 1.54) is 6.08 Å². The van der Waals surface area contributed by atoms with Gasteiger partial charge in [0.1, 0.15) is 0 Å². The lowest BCUT2D eigenvalue weighted by Crippen LogP contribution is -2.10. The molecule has 1 rings (SSSR count). The summed E-state index contributed by atoms with van der Waals surface area (Å²) in [6.07, 6.45) is -2.97. The van der Waals surface area contributed by atoms with Gasteiger partial charge in [0.05, 0.1) is 5.56 Å². The first-order chi connectivity index (χ1) is 6.84. The number of alkyl halides is 3. The molecule has 0 aliphatic heterocycles. The van der Waals surface area contributed by atoms with Crippen molar-refractivity contribution in [2.24, 2.45) is 5.73 Å². The van der Waals surface area contributed by atoms with E-state index in [0.29, 0.717) is 10.0 Å². The van der Waals surface area contributed by atoms with Crippen LogP contribution in [0.5, 0.6) is 0 Å². The van der Waals surface area contributed by atoms with Crippen molar-refractivity contribution >= 4 is 15.9 Å². The van der Waals surface area contributed by atoms with E-state index in [1.807, 2.05) is 0 Å². The van der Waals surface area contributed by atoms with Crippen LogP contribution in [0.1, 0.15) is 17.2 Å². The van der Waals surface area contributed by atoms with Crippen LogP contribution in [0.3, 0.4) is 0 Å². The van der Waals surface area contributed by atoms with Crippen molar-refractivity contribution in [2.75, 3.05) is 0 Å². The molecule has 0 aliphatic carbocycles. The zero-order valence-electron chi connectivity index (χ0n) is 7.68. The monoisotopic (exact) mass is 279 g/mol. The number of nitrogens with two attached hydrogens (primary N) is 1. The molecule has 1 nitrogen and oxygen atoms in total. The molecule has 0 saturated carbocycles. The summed E-state index contributed by atoms with van der Waals surface area (Å²) in [5, 5.41) is 0. The van der Waals surface area contributed by atoms with Crippen molar-refractivity contribution in [3.63, 3.8) is 0 Å². The molecule has 1 aromatic rings. The standard InChI is InChI=1S/C10H9BrF3N/c1-2-9(15)6-3-7(10(12,13)14)5-8(11)4-6/h2-5,9H,1,15H2/t9-/m0/s1. The molecule has 0 unspecified atom stereocenters. The normalized spacial score (nSPS) is 13.7. The van der Waals surface area contributed by atoms with E-state index < -0.39 is 17.8 Å². The summed E-state index contributed by atoms with van der Waals surface area (Å²) in [5.74, 6) is 0. The van der Waals surface area contributed by atoms with Crippen LogP contribution in [0.15, 0.2) is 35.3 Å². The third-order valence-corrected chi connectivity index (χ3v) is 2.34. The van der Waals surface area contributed by atoms with Crippen LogP contribution < -0.4 is 5.73 Å². The fourth-order valence-electron chi connectivity index (χ4n) is 1.10. The Balaban J connectivity index is 3.22. The number of benzene rings is 1. The lowest BCUT2D eigenvalue weighted by Gasteiger charge is -2.12. The molecule has 0 aromatic heterocycles. The summed E-state index contributed by atoms with van der Waals surface area (Å²) >= 11 is 3.01. The molecule has 0 amide bonds. The maximum absolute atomic E-state index is 12.4. The average molecular weight is 280 g/mol. The molecule has 0 fully saturated rings. The molecule has 0 radical (unpaired) electrons. The number of rotatable bonds is 2. The molecule has 1 atom stereocenters. The maximum Gasteiger partial charge on any atom is 0.416 e. The molecular formula is C10H9BrF3N. The van der Waals surface area contributed by atoms with Gasteiger partial charge in [-0.3, -0.25) is 0 Å². The van der Waals surface area contributed by atoms with Gasteiger partial charge in [0.15, 0.2) is 0 Å². The van der Waals surface area contributed by atoms with Crippen molar-refractivity contribution in [1.29, 1.82) is 0 Å². The Hall–Kier alpha value is -0.810. The molecule has 0 heterocycles. The molecule has 15 heavy (non-hydrogen) atoms. The Morgan fingerprint density at radius 3 is 2.40 bits per heavy atom. The minimum absolute atomic E-state index is 0.352. The van der Waals surface area contributed by atoms with E-state index in [2.05, 4.69) is 22.5 Å². The second-order valence-corrected chi connectivity index (χ2v) is 3.95.